The molecule has 0 unspecified atom stereocenters. The van der Waals surface area contributed by atoms with Crippen molar-refractivity contribution in [3.63, 3.8) is 0 Å². The summed E-state index contributed by atoms with van der Waals surface area (Å²) in [5, 5.41) is 11.1. The maximum absolute atomic E-state index is 12.4. The molecular formula is C21H23N3O2S. The zero-order chi connectivity index (χ0) is 19.4. The maximum Gasteiger partial charge on any atom is 0.277 e. The van der Waals surface area contributed by atoms with E-state index in [1.807, 2.05) is 62.4 Å². The Labute approximate surface area is 163 Å². The van der Waals surface area contributed by atoms with Gasteiger partial charge in [0.25, 0.3) is 5.22 Å². The minimum atomic E-state index is -0.360. The molecule has 6 heteroatoms. The van der Waals surface area contributed by atoms with Gasteiger partial charge in [-0.05, 0) is 49.6 Å². The van der Waals surface area contributed by atoms with E-state index in [9.17, 15) is 4.79 Å². The lowest BCUT2D eigenvalue weighted by atomic mass is 10.0. The van der Waals surface area contributed by atoms with Crippen molar-refractivity contribution in [3.8, 4) is 11.5 Å². The van der Waals surface area contributed by atoms with Crippen molar-refractivity contribution in [1.82, 2.24) is 10.2 Å². The van der Waals surface area contributed by atoms with Gasteiger partial charge in [-0.1, -0.05) is 55.4 Å². The monoisotopic (exact) mass is 381 g/mol. The van der Waals surface area contributed by atoms with Crippen molar-refractivity contribution in [2.45, 2.75) is 44.1 Å². The number of aryl methyl sites for hydroxylation is 1. The van der Waals surface area contributed by atoms with Gasteiger partial charge in [-0.3, -0.25) is 4.79 Å². The molecule has 0 radical (unpaired) electrons. The summed E-state index contributed by atoms with van der Waals surface area (Å²) in [4.78, 5) is 12.4. The highest BCUT2D eigenvalue weighted by molar-refractivity contribution is 8.00. The third kappa shape index (κ3) is 4.98. The molecular weight excluding hydrogens is 358 g/mol. The van der Waals surface area contributed by atoms with Crippen molar-refractivity contribution in [2.24, 2.45) is 0 Å². The maximum atomic E-state index is 12.4. The van der Waals surface area contributed by atoms with Crippen LogP contribution in [0.5, 0.6) is 0 Å². The number of hydrogen-bond acceptors (Lipinski definition) is 5. The summed E-state index contributed by atoms with van der Waals surface area (Å²) in [6, 6.07) is 15.8. The van der Waals surface area contributed by atoms with E-state index in [0.29, 0.717) is 17.0 Å². The molecule has 1 heterocycles. The van der Waals surface area contributed by atoms with Crippen molar-refractivity contribution in [3.05, 3.63) is 59.7 Å². The Morgan fingerprint density at radius 1 is 1.00 bits per heavy atom. The first kappa shape index (κ1) is 19.2. The summed E-state index contributed by atoms with van der Waals surface area (Å²) in [5.41, 5.74) is 4.05. The van der Waals surface area contributed by atoms with Gasteiger partial charge in [-0.25, -0.2) is 0 Å². The van der Waals surface area contributed by atoms with Crippen LogP contribution >= 0.6 is 11.8 Å². The number of hydrogen-bond donors (Lipinski definition) is 1. The molecule has 2 aromatic carbocycles. The first-order valence-corrected chi connectivity index (χ1v) is 9.78. The number of rotatable bonds is 6. The molecule has 0 aliphatic carbocycles. The highest BCUT2D eigenvalue weighted by atomic mass is 32.2. The van der Waals surface area contributed by atoms with E-state index >= 15 is 0 Å². The van der Waals surface area contributed by atoms with E-state index in [-0.39, 0.29) is 11.2 Å². The highest BCUT2D eigenvalue weighted by Crippen LogP contribution is 2.27. The third-order valence-corrected chi connectivity index (χ3v) is 5.13. The molecule has 0 fully saturated rings. The number of nitrogens with one attached hydrogen (secondary N) is 1. The first-order chi connectivity index (χ1) is 12.9. The zero-order valence-electron chi connectivity index (χ0n) is 15.9. The molecule has 140 valence electrons. The van der Waals surface area contributed by atoms with Crippen molar-refractivity contribution in [2.75, 3.05) is 5.32 Å². The summed E-state index contributed by atoms with van der Waals surface area (Å²) in [6.45, 7) is 8.12. The number of amides is 1. The first-order valence-electron chi connectivity index (χ1n) is 8.90. The van der Waals surface area contributed by atoms with Gasteiger partial charge in [0.05, 0.1) is 5.25 Å². The lowest BCUT2D eigenvalue weighted by Crippen LogP contribution is -2.22. The Morgan fingerprint density at radius 3 is 2.30 bits per heavy atom. The normalized spacial score (nSPS) is 12.2. The summed E-state index contributed by atoms with van der Waals surface area (Å²) in [6.07, 6.45) is 0. The zero-order valence-corrected chi connectivity index (χ0v) is 16.7. The number of benzene rings is 2. The molecule has 0 aliphatic heterocycles. The van der Waals surface area contributed by atoms with Crippen LogP contribution in [0.2, 0.25) is 0 Å². The number of aromatic nitrogens is 2. The van der Waals surface area contributed by atoms with E-state index in [1.54, 1.807) is 0 Å². The second kappa shape index (κ2) is 8.39. The van der Waals surface area contributed by atoms with Crippen LogP contribution in [0.3, 0.4) is 0 Å². The largest absolute Gasteiger partial charge is 0.411 e. The smallest absolute Gasteiger partial charge is 0.277 e. The van der Waals surface area contributed by atoms with Crippen LogP contribution in [0.4, 0.5) is 5.69 Å². The van der Waals surface area contributed by atoms with E-state index in [2.05, 4.69) is 29.4 Å². The predicted octanol–water partition coefficient (Wildman–Crippen LogP) is 5.29. The Kier molecular flexibility index (Phi) is 5.96. The molecule has 1 N–H and O–H groups in total. The lowest BCUT2D eigenvalue weighted by molar-refractivity contribution is -0.115. The standard InChI is InChI=1S/C21H23N3O2S/c1-13(2)16-9-11-18(12-10-16)22-19(25)15(4)27-21-24-23-20(26-21)17-7-5-14(3)6-8-17/h5-13,15H,1-4H3,(H,22,25)/t15-/m1/s1. The molecule has 1 amide bonds. The van der Waals surface area contributed by atoms with E-state index in [0.717, 1.165) is 11.3 Å². The number of carbonyl (C=O) groups excluding carboxylic acids is 1. The highest BCUT2D eigenvalue weighted by Gasteiger charge is 2.19. The summed E-state index contributed by atoms with van der Waals surface area (Å²) >= 11 is 1.25. The lowest BCUT2D eigenvalue weighted by Gasteiger charge is -2.11. The quantitative estimate of drug-likeness (QED) is 0.588. The third-order valence-electron chi connectivity index (χ3n) is 4.20. The minimum absolute atomic E-state index is 0.104. The van der Waals surface area contributed by atoms with Gasteiger partial charge >= 0.3 is 0 Å². The van der Waals surface area contributed by atoms with Crippen LogP contribution in [-0.4, -0.2) is 21.4 Å². The number of thioether (sulfide) groups is 1. The molecule has 0 bridgehead atoms. The van der Waals surface area contributed by atoms with Crippen molar-refractivity contribution in [1.29, 1.82) is 0 Å². The van der Waals surface area contributed by atoms with Crippen molar-refractivity contribution >= 4 is 23.4 Å². The van der Waals surface area contributed by atoms with E-state index in [4.69, 9.17) is 4.42 Å². The van der Waals surface area contributed by atoms with Crippen LogP contribution in [-0.2, 0) is 4.79 Å². The number of anilines is 1. The molecule has 3 rings (SSSR count). The molecule has 0 saturated carbocycles. The van der Waals surface area contributed by atoms with Crippen LogP contribution in [0.25, 0.3) is 11.5 Å². The van der Waals surface area contributed by atoms with E-state index < -0.39 is 0 Å². The summed E-state index contributed by atoms with van der Waals surface area (Å²) in [5.74, 6) is 0.811. The van der Waals surface area contributed by atoms with Gasteiger partial charge in [0.1, 0.15) is 0 Å². The molecule has 3 aromatic rings. The Balaban J connectivity index is 1.60. The molecule has 1 aromatic heterocycles. The molecule has 0 aliphatic rings. The topological polar surface area (TPSA) is 68.0 Å². The Morgan fingerprint density at radius 2 is 1.67 bits per heavy atom. The van der Waals surface area contributed by atoms with Gasteiger partial charge in [0.2, 0.25) is 11.8 Å². The fourth-order valence-electron chi connectivity index (χ4n) is 2.47. The second-order valence-electron chi connectivity index (χ2n) is 6.77. The predicted molar refractivity (Wildman–Crippen MR) is 109 cm³/mol. The van der Waals surface area contributed by atoms with Gasteiger partial charge < -0.3 is 9.73 Å². The summed E-state index contributed by atoms with van der Waals surface area (Å²) in [7, 11) is 0. The van der Waals surface area contributed by atoms with Gasteiger partial charge in [-0.2, -0.15) is 0 Å². The van der Waals surface area contributed by atoms with Crippen LogP contribution in [0, 0.1) is 6.92 Å². The molecule has 27 heavy (non-hydrogen) atoms. The van der Waals surface area contributed by atoms with Gasteiger partial charge in [-0.15, -0.1) is 10.2 Å². The number of nitrogens with zero attached hydrogens (tertiary/aromatic N) is 2. The molecule has 5 nitrogen and oxygen atoms in total. The molecule has 0 spiro atoms. The molecule has 0 saturated heterocycles. The summed E-state index contributed by atoms with van der Waals surface area (Å²) < 4.78 is 5.68. The van der Waals surface area contributed by atoms with Gasteiger partial charge in [0, 0.05) is 11.3 Å². The van der Waals surface area contributed by atoms with Gasteiger partial charge in [0.15, 0.2) is 0 Å². The average Bonchev–Trinajstić information content (AvgIpc) is 3.11. The molecule has 1 atom stereocenters. The average molecular weight is 382 g/mol. The van der Waals surface area contributed by atoms with Crippen LogP contribution < -0.4 is 5.32 Å². The second-order valence-corrected chi connectivity index (χ2v) is 8.06. The minimum Gasteiger partial charge on any atom is -0.411 e. The SMILES string of the molecule is Cc1ccc(-c2nnc(S[C@H](C)C(=O)Nc3ccc(C(C)C)cc3)o2)cc1. The van der Waals surface area contributed by atoms with Crippen molar-refractivity contribution < 1.29 is 9.21 Å². The fourth-order valence-corrected chi connectivity index (χ4v) is 3.15. The van der Waals surface area contributed by atoms with Crippen LogP contribution in [0.1, 0.15) is 37.8 Å². The Hall–Kier alpha value is -2.60. The fraction of sp³-hybridized carbons (Fsp3) is 0.286. The van der Waals surface area contributed by atoms with E-state index in [1.165, 1.54) is 22.9 Å². The Bertz CT molecular complexity index is 902. The number of carbonyl (C=O) groups is 1. The van der Waals surface area contributed by atoms with Crippen LogP contribution in [0.15, 0.2) is 58.2 Å².